The number of anilines is 1. The Morgan fingerprint density at radius 1 is 1.35 bits per heavy atom. The summed E-state index contributed by atoms with van der Waals surface area (Å²) in [6.45, 7) is 2.05. The van der Waals surface area contributed by atoms with Gasteiger partial charge in [-0.15, -0.1) is 0 Å². The standard InChI is InChI=1S/C20H19BrN4O/c1-25-8-7-17(16(12-25)13-5-3-2-4-6-13)24-20-19(21)15-9-14(10-22)26-18(15)11-23-20/h2-6,9,11,16-17H,7-8,12H2,1H3,(H,23,24). The van der Waals surface area contributed by atoms with Crippen molar-refractivity contribution >= 4 is 32.7 Å². The molecule has 2 atom stereocenters. The van der Waals surface area contributed by atoms with Crippen LogP contribution in [0, 0.1) is 11.3 Å². The number of halogens is 1. The van der Waals surface area contributed by atoms with Gasteiger partial charge in [0, 0.05) is 30.0 Å². The molecule has 0 saturated carbocycles. The Kier molecular flexibility index (Phi) is 4.66. The molecule has 26 heavy (non-hydrogen) atoms. The zero-order chi connectivity index (χ0) is 18.1. The lowest BCUT2D eigenvalue weighted by Crippen LogP contribution is -2.43. The van der Waals surface area contributed by atoms with Crippen molar-refractivity contribution in [3.8, 4) is 6.07 Å². The zero-order valence-corrected chi connectivity index (χ0v) is 16.0. The number of nitrogens with zero attached hydrogens (tertiary/aromatic N) is 3. The summed E-state index contributed by atoms with van der Waals surface area (Å²) in [5.74, 6) is 1.47. The maximum Gasteiger partial charge on any atom is 0.204 e. The number of benzene rings is 1. The molecule has 5 nitrogen and oxygen atoms in total. The molecular weight excluding hydrogens is 392 g/mol. The van der Waals surface area contributed by atoms with Gasteiger partial charge >= 0.3 is 0 Å². The zero-order valence-electron chi connectivity index (χ0n) is 14.4. The van der Waals surface area contributed by atoms with Gasteiger partial charge in [0.2, 0.25) is 5.76 Å². The van der Waals surface area contributed by atoms with Crippen LogP contribution in [0.3, 0.4) is 0 Å². The number of hydrogen-bond acceptors (Lipinski definition) is 5. The normalized spacial score (nSPS) is 20.8. The number of aromatic nitrogens is 1. The SMILES string of the molecule is CN1CCC(Nc2ncc3oc(C#N)cc3c2Br)C(c2ccccc2)C1. The molecule has 2 aromatic heterocycles. The van der Waals surface area contributed by atoms with E-state index in [1.165, 1.54) is 5.56 Å². The van der Waals surface area contributed by atoms with Crippen molar-refractivity contribution in [1.29, 1.82) is 5.26 Å². The molecule has 0 spiro atoms. The molecular formula is C20H19BrN4O. The third-order valence-corrected chi connectivity index (χ3v) is 5.79. The number of likely N-dealkylation sites (N-methyl/N-ethyl adjacent to an activating group) is 1. The highest BCUT2D eigenvalue weighted by atomic mass is 79.9. The molecule has 3 heterocycles. The van der Waals surface area contributed by atoms with Crippen LogP contribution in [0.5, 0.6) is 0 Å². The lowest BCUT2D eigenvalue weighted by Gasteiger charge is -2.38. The van der Waals surface area contributed by atoms with Crippen molar-refractivity contribution in [1.82, 2.24) is 9.88 Å². The van der Waals surface area contributed by atoms with Gasteiger partial charge in [-0.25, -0.2) is 4.98 Å². The van der Waals surface area contributed by atoms with E-state index in [-0.39, 0.29) is 6.04 Å². The third-order valence-electron chi connectivity index (χ3n) is 4.99. The average Bonchev–Trinajstić information content (AvgIpc) is 3.10. The van der Waals surface area contributed by atoms with Gasteiger partial charge < -0.3 is 14.6 Å². The van der Waals surface area contributed by atoms with E-state index in [4.69, 9.17) is 9.68 Å². The minimum atomic E-state index is 0.289. The maximum absolute atomic E-state index is 9.05. The minimum absolute atomic E-state index is 0.289. The van der Waals surface area contributed by atoms with Gasteiger partial charge in [-0.3, -0.25) is 0 Å². The molecule has 0 bridgehead atoms. The average molecular weight is 411 g/mol. The van der Waals surface area contributed by atoms with Crippen LogP contribution < -0.4 is 5.32 Å². The van der Waals surface area contributed by atoms with Crippen molar-refractivity contribution < 1.29 is 4.42 Å². The first-order chi connectivity index (χ1) is 12.7. The molecule has 3 aromatic rings. The highest BCUT2D eigenvalue weighted by Crippen LogP contribution is 2.35. The van der Waals surface area contributed by atoms with Gasteiger partial charge in [0.1, 0.15) is 11.9 Å². The second-order valence-corrected chi connectivity index (χ2v) is 7.53. The number of nitriles is 1. The largest absolute Gasteiger partial charge is 0.444 e. The number of fused-ring (bicyclic) bond motifs is 1. The molecule has 132 valence electrons. The summed E-state index contributed by atoms with van der Waals surface area (Å²) in [5, 5.41) is 13.5. The van der Waals surface area contributed by atoms with Gasteiger partial charge in [0.25, 0.3) is 0 Å². The summed E-state index contributed by atoms with van der Waals surface area (Å²) in [6.07, 6.45) is 2.72. The molecule has 0 aliphatic carbocycles. The van der Waals surface area contributed by atoms with E-state index in [9.17, 15) is 0 Å². The van der Waals surface area contributed by atoms with E-state index in [1.807, 2.05) is 6.07 Å². The molecule has 2 unspecified atom stereocenters. The summed E-state index contributed by atoms with van der Waals surface area (Å²) in [5.41, 5.74) is 1.95. The first-order valence-corrected chi connectivity index (χ1v) is 9.43. The number of nitrogens with one attached hydrogen (secondary N) is 1. The fourth-order valence-electron chi connectivity index (χ4n) is 3.64. The molecule has 0 amide bonds. The Bertz CT molecular complexity index is 963. The van der Waals surface area contributed by atoms with E-state index in [0.717, 1.165) is 35.2 Å². The summed E-state index contributed by atoms with van der Waals surface area (Å²) in [7, 11) is 2.17. The number of furan rings is 1. The van der Waals surface area contributed by atoms with Crippen LogP contribution in [0.15, 0.2) is 51.5 Å². The Balaban J connectivity index is 1.65. The van der Waals surface area contributed by atoms with Crippen LogP contribution in [-0.2, 0) is 0 Å². The smallest absolute Gasteiger partial charge is 0.204 e. The van der Waals surface area contributed by atoms with Gasteiger partial charge in [-0.2, -0.15) is 5.26 Å². The van der Waals surface area contributed by atoms with Crippen molar-refractivity contribution in [3.63, 3.8) is 0 Å². The lowest BCUT2D eigenvalue weighted by molar-refractivity contribution is 0.236. The van der Waals surface area contributed by atoms with Crippen LogP contribution >= 0.6 is 15.9 Å². The predicted molar refractivity (Wildman–Crippen MR) is 105 cm³/mol. The van der Waals surface area contributed by atoms with Crippen molar-refractivity contribution in [3.05, 3.63) is 58.4 Å². The van der Waals surface area contributed by atoms with Crippen LogP contribution in [0.4, 0.5) is 5.82 Å². The monoisotopic (exact) mass is 410 g/mol. The van der Waals surface area contributed by atoms with Gasteiger partial charge in [-0.1, -0.05) is 30.3 Å². The van der Waals surface area contributed by atoms with Gasteiger partial charge in [0.05, 0.1) is 10.7 Å². The Morgan fingerprint density at radius 2 is 2.15 bits per heavy atom. The molecule has 0 radical (unpaired) electrons. The number of hydrogen-bond donors (Lipinski definition) is 1. The number of piperidine rings is 1. The van der Waals surface area contributed by atoms with E-state index >= 15 is 0 Å². The first-order valence-electron chi connectivity index (χ1n) is 8.64. The summed E-state index contributed by atoms with van der Waals surface area (Å²) < 4.78 is 6.30. The quantitative estimate of drug-likeness (QED) is 0.694. The number of rotatable bonds is 3. The molecule has 6 heteroatoms. The van der Waals surface area contributed by atoms with Crippen molar-refractivity contribution in [2.75, 3.05) is 25.5 Å². The van der Waals surface area contributed by atoms with Crippen LogP contribution in [-0.4, -0.2) is 36.1 Å². The summed E-state index contributed by atoms with van der Waals surface area (Å²) >= 11 is 3.63. The fraction of sp³-hybridized carbons (Fsp3) is 0.300. The van der Waals surface area contributed by atoms with Gasteiger partial charge in [0.15, 0.2) is 5.58 Å². The molecule has 1 aliphatic heterocycles. The second kappa shape index (κ2) is 7.10. The molecule has 4 rings (SSSR count). The molecule has 1 N–H and O–H groups in total. The molecule has 1 fully saturated rings. The van der Waals surface area contributed by atoms with E-state index in [0.29, 0.717) is 17.3 Å². The van der Waals surface area contributed by atoms with Crippen LogP contribution in [0.1, 0.15) is 23.7 Å². The maximum atomic E-state index is 9.05. The van der Waals surface area contributed by atoms with E-state index in [1.54, 1.807) is 12.3 Å². The molecule has 1 aliphatic rings. The van der Waals surface area contributed by atoms with Crippen LogP contribution in [0.25, 0.3) is 11.0 Å². The molecule has 1 saturated heterocycles. The fourth-order valence-corrected chi connectivity index (χ4v) is 4.16. The summed E-state index contributed by atoms with van der Waals surface area (Å²) in [6, 6.07) is 14.7. The number of likely N-dealkylation sites (tertiary alicyclic amines) is 1. The van der Waals surface area contributed by atoms with Crippen molar-refractivity contribution in [2.24, 2.45) is 0 Å². The van der Waals surface area contributed by atoms with Crippen LogP contribution in [0.2, 0.25) is 0 Å². The van der Waals surface area contributed by atoms with E-state index < -0.39 is 0 Å². The van der Waals surface area contributed by atoms with Crippen molar-refractivity contribution in [2.45, 2.75) is 18.4 Å². The second-order valence-electron chi connectivity index (χ2n) is 6.74. The Morgan fingerprint density at radius 3 is 2.92 bits per heavy atom. The third kappa shape index (κ3) is 3.20. The Labute approximate surface area is 160 Å². The van der Waals surface area contributed by atoms with Gasteiger partial charge in [-0.05, 0) is 41.5 Å². The molecule has 1 aromatic carbocycles. The highest BCUT2D eigenvalue weighted by Gasteiger charge is 2.29. The highest BCUT2D eigenvalue weighted by molar-refractivity contribution is 9.10. The van der Waals surface area contributed by atoms with E-state index in [2.05, 4.69) is 68.5 Å². The predicted octanol–water partition coefficient (Wildman–Crippen LogP) is 4.36. The first kappa shape index (κ1) is 17.1. The lowest BCUT2D eigenvalue weighted by atomic mass is 9.86. The minimum Gasteiger partial charge on any atom is -0.444 e. The summed E-state index contributed by atoms with van der Waals surface area (Å²) in [4.78, 5) is 6.89. The Hall–Kier alpha value is -2.36. The topological polar surface area (TPSA) is 65.1 Å². The number of pyridine rings is 1.